The first kappa shape index (κ1) is 21.3. The van der Waals surface area contributed by atoms with E-state index in [1.807, 2.05) is 53.9 Å². The number of carbonyl (C=O) groups excluding carboxylic acids is 1. The van der Waals surface area contributed by atoms with Crippen molar-refractivity contribution < 1.29 is 9.53 Å². The zero-order valence-corrected chi connectivity index (χ0v) is 18.7. The average molecular weight is 460 g/mol. The summed E-state index contributed by atoms with van der Waals surface area (Å²) in [5, 5.41) is 6.28. The fourth-order valence-electron chi connectivity index (χ4n) is 3.04. The summed E-state index contributed by atoms with van der Waals surface area (Å²) in [5.41, 5.74) is 2.76. The molecule has 156 valence electrons. The Hall–Kier alpha value is -1.90. The number of aromatic nitrogens is 1. The Balaban J connectivity index is 1.28. The molecule has 1 fully saturated rings. The third kappa shape index (κ3) is 6.06. The topological polar surface area (TPSA) is 54.5 Å². The number of nitrogens with zero attached hydrogens (tertiary/aromatic N) is 2. The minimum Gasteiger partial charge on any atom is -0.379 e. The van der Waals surface area contributed by atoms with Gasteiger partial charge in [0.2, 0.25) is 0 Å². The second-order valence-electron chi connectivity index (χ2n) is 6.93. The highest BCUT2D eigenvalue weighted by molar-refractivity contribution is 7.98. The van der Waals surface area contributed by atoms with Crippen LogP contribution >= 0.6 is 34.7 Å². The second kappa shape index (κ2) is 10.4. The van der Waals surface area contributed by atoms with E-state index in [0.29, 0.717) is 10.7 Å². The first-order valence-electron chi connectivity index (χ1n) is 9.69. The van der Waals surface area contributed by atoms with Crippen molar-refractivity contribution in [2.24, 2.45) is 0 Å². The normalized spacial score (nSPS) is 14.6. The molecule has 5 nitrogen and oxygen atoms in total. The molecule has 0 aliphatic carbocycles. The SMILES string of the molecule is O=C(Nc1nc(CN2CCOCC2)cs1)c1ccc(CSc2ccc(Cl)cc2)cc1. The zero-order chi connectivity index (χ0) is 20.8. The van der Waals surface area contributed by atoms with Crippen LogP contribution in [0.5, 0.6) is 0 Å². The zero-order valence-electron chi connectivity index (χ0n) is 16.3. The Morgan fingerprint density at radius 1 is 1.13 bits per heavy atom. The quantitative estimate of drug-likeness (QED) is 0.494. The highest BCUT2D eigenvalue weighted by atomic mass is 35.5. The molecule has 8 heteroatoms. The van der Waals surface area contributed by atoms with Crippen molar-refractivity contribution >= 4 is 45.7 Å². The van der Waals surface area contributed by atoms with Crippen LogP contribution in [0.4, 0.5) is 5.13 Å². The Labute approximate surface area is 189 Å². The van der Waals surface area contributed by atoms with Gasteiger partial charge in [0.25, 0.3) is 5.91 Å². The molecule has 1 amide bonds. The highest BCUT2D eigenvalue weighted by Crippen LogP contribution is 2.24. The van der Waals surface area contributed by atoms with E-state index in [0.717, 1.165) is 59.8 Å². The van der Waals surface area contributed by atoms with E-state index in [-0.39, 0.29) is 5.91 Å². The summed E-state index contributed by atoms with van der Waals surface area (Å²) in [7, 11) is 0. The summed E-state index contributed by atoms with van der Waals surface area (Å²) in [6, 6.07) is 15.5. The number of amides is 1. The minimum atomic E-state index is -0.140. The molecule has 1 aliphatic rings. The Morgan fingerprint density at radius 2 is 1.87 bits per heavy atom. The highest BCUT2D eigenvalue weighted by Gasteiger charge is 2.14. The molecule has 1 saturated heterocycles. The Bertz CT molecular complexity index is 971. The minimum absolute atomic E-state index is 0.140. The van der Waals surface area contributed by atoms with E-state index in [1.54, 1.807) is 11.8 Å². The van der Waals surface area contributed by atoms with Gasteiger partial charge in [0.1, 0.15) is 0 Å². The molecule has 0 radical (unpaired) electrons. The average Bonchev–Trinajstić information content (AvgIpc) is 3.21. The van der Waals surface area contributed by atoms with E-state index in [2.05, 4.69) is 15.2 Å². The summed E-state index contributed by atoms with van der Waals surface area (Å²) in [4.78, 5) is 20.6. The lowest BCUT2D eigenvalue weighted by molar-refractivity contribution is 0.0337. The van der Waals surface area contributed by atoms with Crippen LogP contribution in [0.1, 0.15) is 21.6 Å². The lowest BCUT2D eigenvalue weighted by Crippen LogP contribution is -2.35. The number of hydrogen-bond donors (Lipinski definition) is 1. The van der Waals surface area contributed by atoms with E-state index in [1.165, 1.54) is 11.3 Å². The van der Waals surface area contributed by atoms with Crippen molar-refractivity contribution in [2.75, 3.05) is 31.6 Å². The van der Waals surface area contributed by atoms with E-state index in [4.69, 9.17) is 16.3 Å². The number of carbonyl (C=O) groups is 1. The summed E-state index contributed by atoms with van der Waals surface area (Å²) in [6.45, 7) is 4.16. The fourth-order valence-corrected chi connectivity index (χ4v) is 4.72. The van der Waals surface area contributed by atoms with Gasteiger partial charge in [0.15, 0.2) is 5.13 Å². The van der Waals surface area contributed by atoms with Gasteiger partial charge in [-0.2, -0.15) is 0 Å². The number of ether oxygens (including phenoxy) is 1. The van der Waals surface area contributed by atoms with Crippen LogP contribution in [-0.2, 0) is 17.0 Å². The van der Waals surface area contributed by atoms with E-state index in [9.17, 15) is 4.79 Å². The number of halogens is 1. The molecule has 0 saturated carbocycles. The number of thioether (sulfide) groups is 1. The van der Waals surface area contributed by atoms with Crippen LogP contribution < -0.4 is 5.32 Å². The van der Waals surface area contributed by atoms with Crippen molar-refractivity contribution in [3.05, 3.63) is 75.8 Å². The first-order chi connectivity index (χ1) is 14.7. The standard InChI is InChI=1S/C22H22ClN3O2S2/c23-18-5-7-20(8-6-18)29-14-16-1-3-17(4-2-16)21(27)25-22-24-19(15-30-22)13-26-9-11-28-12-10-26/h1-8,15H,9-14H2,(H,24,25,27). The first-order valence-corrected chi connectivity index (χ1v) is 11.9. The molecule has 1 aliphatic heterocycles. The predicted molar refractivity (Wildman–Crippen MR) is 124 cm³/mol. The summed E-state index contributed by atoms with van der Waals surface area (Å²) in [5.74, 6) is 0.695. The number of rotatable bonds is 7. The van der Waals surface area contributed by atoms with E-state index < -0.39 is 0 Å². The lowest BCUT2D eigenvalue weighted by atomic mass is 10.1. The van der Waals surface area contributed by atoms with Crippen LogP contribution in [0.25, 0.3) is 0 Å². The number of hydrogen-bond acceptors (Lipinski definition) is 6. The van der Waals surface area contributed by atoms with Gasteiger partial charge in [-0.3, -0.25) is 15.0 Å². The smallest absolute Gasteiger partial charge is 0.257 e. The van der Waals surface area contributed by atoms with Crippen molar-refractivity contribution in [3.63, 3.8) is 0 Å². The number of morpholine rings is 1. The number of benzene rings is 2. The van der Waals surface area contributed by atoms with Crippen molar-refractivity contribution in [1.82, 2.24) is 9.88 Å². The fraction of sp³-hybridized carbons (Fsp3) is 0.273. The van der Waals surface area contributed by atoms with Crippen LogP contribution in [0.2, 0.25) is 5.02 Å². The second-order valence-corrected chi connectivity index (χ2v) is 9.27. The third-order valence-corrected chi connectivity index (χ3v) is 6.84. The van der Waals surface area contributed by atoms with Crippen LogP contribution in [0.3, 0.4) is 0 Å². The Kier molecular flexibility index (Phi) is 7.41. The molecule has 0 unspecified atom stereocenters. The molecule has 2 heterocycles. The summed E-state index contributed by atoms with van der Waals surface area (Å²) >= 11 is 9.12. The third-order valence-electron chi connectivity index (χ3n) is 4.70. The van der Waals surface area contributed by atoms with Crippen LogP contribution in [0, 0.1) is 0 Å². The van der Waals surface area contributed by atoms with Crippen molar-refractivity contribution in [1.29, 1.82) is 0 Å². The van der Waals surface area contributed by atoms with Gasteiger partial charge in [-0.1, -0.05) is 23.7 Å². The predicted octanol–water partition coefficient (Wildman–Crippen LogP) is 5.17. The molecule has 4 rings (SSSR count). The molecule has 0 atom stereocenters. The van der Waals surface area contributed by atoms with E-state index >= 15 is 0 Å². The number of anilines is 1. The van der Waals surface area contributed by atoms with Crippen LogP contribution in [-0.4, -0.2) is 42.1 Å². The van der Waals surface area contributed by atoms with Gasteiger partial charge in [-0.25, -0.2) is 4.98 Å². The molecule has 1 N–H and O–H groups in total. The maximum Gasteiger partial charge on any atom is 0.257 e. The monoisotopic (exact) mass is 459 g/mol. The van der Waals surface area contributed by atoms with Gasteiger partial charge in [-0.05, 0) is 42.0 Å². The molecular weight excluding hydrogens is 438 g/mol. The molecule has 0 bridgehead atoms. The lowest BCUT2D eigenvalue weighted by Gasteiger charge is -2.25. The van der Waals surface area contributed by atoms with Gasteiger partial charge in [0.05, 0.1) is 18.9 Å². The maximum atomic E-state index is 12.5. The van der Waals surface area contributed by atoms with Gasteiger partial charge in [0, 0.05) is 46.2 Å². The van der Waals surface area contributed by atoms with Crippen molar-refractivity contribution in [3.8, 4) is 0 Å². The van der Waals surface area contributed by atoms with Crippen LogP contribution in [0.15, 0.2) is 58.8 Å². The van der Waals surface area contributed by atoms with Crippen molar-refractivity contribution in [2.45, 2.75) is 17.2 Å². The number of thiazole rings is 1. The van der Waals surface area contributed by atoms with Gasteiger partial charge >= 0.3 is 0 Å². The molecule has 30 heavy (non-hydrogen) atoms. The molecule has 2 aromatic carbocycles. The maximum absolute atomic E-state index is 12.5. The van der Waals surface area contributed by atoms with Gasteiger partial charge < -0.3 is 4.74 Å². The Morgan fingerprint density at radius 3 is 2.60 bits per heavy atom. The largest absolute Gasteiger partial charge is 0.379 e. The molecule has 3 aromatic rings. The molecule has 0 spiro atoms. The molecular formula is C22H22ClN3O2S2. The summed E-state index contributed by atoms with van der Waals surface area (Å²) in [6.07, 6.45) is 0. The number of nitrogens with one attached hydrogen (secondary N) is 1. The summed E-state index contributed by atoms with van der Waals surface area (Å²) < 4.78 is 5.37. The van der Waals surface area contributed by atoms with Gasteiger partial charge in [-0.15, -0.1) is 23.1 Å². The molecule has 1 aromatic heterocycles.